The summed E-state index contributed by atoms with van der Waals surface area (Å²) < 4.78 is 5.10. The number of esters is 1. The monoisotopic (exact) mass is 390 g/mol. The Hall–Kier alpha value is -3.41. The Bertz CT molecular complexity index is 1080. The molecule has 0 spiro atoms. The van der Waals surface area contributed by atoms with Crippen molar-refractivity contribution in [1.82, 2.24) is 10.3 Å². The van der Waals surface area contributed by atoms with Gasteiger partial charge in [-0.15, -0.1) is 0 Å². The summed E-state index contributed by atoms with van der Waals surface area (Å²) in [6, 6.07) is 13.8. The van der Waals surface area contributed by atoms with E-state index >= 15 is 0 Å². The molecule has 0 saturated carbocycles. The largest absolute Gasteiger partial charge is 0.452 e. The van der Waals surface area contributed by atoms with Gasteiger partial charge in [0, 0.05) is 22.2 Å². The van der Waals surface area contributed by atoms with Crippen LogP contribution in [0.4, 0.5) is 0 Å². The Kier molecular flexibility index (Phi) is 5.16. The molecule has 29 heavy (non-hydrogen) atoms. The van der Waals surface area contributed by atoms with E-state index in [0.29, 0.717) is 17.0 Å². The third kappa shape index (κ3) is 4.06. The predicted octanol–water partition coefficient (Wildman–Crippen LogP) is 3.41. The van der Waals surface area contributed by atoms with E-state index in [-0.39, 0.29) is 0 Å². The number of rotatable bonds is 4. The smallest absolute Gasteiger partial charge is 0.338 e. The first-order valence-corrected chi connectivity index (χ1v) is 9.71. The number of ether oxygens (including phenoxy) is 1. The molecule has 4 rings (SSSR count). The average Bonchev–Trinajstić information content (AvgIpc) is 3.09. The topological polar surface area (TPSA) is 88.3 Å². The minimum atomic E-state index is -0.666. The zero-order chi connectivity index (χ0) is 20.4. The van der Waals surface area contributed by atoms with E-state index in [2.05, 4.69) is 17.2 Å². The first kappa shape index (κ1) is 18.9. The van der Waals surface area contributed by atoms with Crippen LogP contribution < -0.4 is 5.32 Å². The molecule has 6 nitrogen and oxygen atoms in total. The van der Waals surface area contributed by atoms with E-state index in [1.807, 2.05) is 12.1 Å². The standard InChI is InChI=1S/C23H22N2O4/c1-14-7-9-19-17(11-14)18-12-16(8-10-20(18)24-19)23(28)29-13-21(26)25-22(27)15-5-3-2-4-6-15/h2-6,8,10,12,14,24H,7,9,11,13H2,1H3,(H,25,26,27). The molecule has 0 radical (unpaired) electrons. The van der Waals surface area contributed by atoms with Gasteiger partial charge in [-0.25, -0.2) is 4.79 Å². The van der Waals surface area contributed by atoms with Gasteiger partial charge in [0.05, 0.1) is 5.56 Å². The van der Waals surface area contributed by atoms with Gasteiger partial charge in [-0.05, 0) is 61.1 Å². The number of fused-ring (bicyclic) bond motifs is 3. The van der Waals surface area contributed by atoms with E-state index in [0.717, 1.165) is 30.2 Å². The maximum Gasteiger partial charge on any atom is 0.338 e. The molecule has 0 fully saturated rings. The lowest BCUT2D eigenvalue weighted by atomic mass is 9.87. The summed E-state index contributed by atoms with van der Waals surface area (Å²) in [6.45, 7) is 1.72. The van der Waals surface area contributed by atoms with Gasteiger partial charge >= 0.3 is 5.97 Å². The SMILES string of the molecule is CC1CCc2[nH]c3ccc(C(=O)OCC(=O)NC(=O)c4ccccc4)cc3c2C1. The molecule has 0 aliphatic heterocycles. The highest BCUT2D eigenvalue weighted by atomic mass is 16.5. The van der Waals surface area contributed by atoms with Crippen molar-refractivity contribution in [3.8, 4) is 0 Å². The third-order valence-corrected chi connectivity index (χ3v) is 5.29. The highest BCUT2D eigenvalue weighted by Crippen LogP contribution is 2.32. The summed E-state index contributed by atoms with van der Waals surface area (Å²) >= 11 is 0. The molecule has 1 aliphatic carbocycles. The van der Waals surface area contributed by atoms with Crippen molar-refractivity contribution in [3.05, 3.63) is 70.9 Å². The lowest BCUT2D eigenvalue weighted by Gasteiger charge is -2.18. The fraction of sp³-hybridized carbons (Fsp3) is 0.261. The second-order valence-electron chi connectivity index (χ2n) is 7.51. The van der Waals surface area contributed by atoms with Crippen LogP contribution in [-0.2, 0) is 22.4 Å². The van der Waals surface area contributed by atoms with Gasteiger partial charge in [0.1, 0.15) is 0 Å². The van der Waals surface area contributed by atoms with Crippen molar-refractivity contribution in [2.75, 3.05) is 6.61 Å². The number of imide groups is 1. The van der Waals surface area contributed by atoms with E-state index in [9.17, 15) is 14.4 Å². The molecule has 1 aliphatic rings. The first-order valence-electron chi connectivity index (χ1n) is 9.71. The fourth-order valence-electron chi connectivity index (χ4n) is 3.76. The fourth-order valence-corrected chi connectivity index (χ4v) is 3.76. The molecule has 148 valence electrons. The lowest BCUT2D eigenvalue weighted by molar-refractivity contribution is -0.123. The van der Waals surface area contributed by atoms with Gasteiger partial charge in [0.15, 0.2) is 6.61 Å². The molecular formula is C23H22N2O4. The van der Waals surface area contributed by atoms with Crippen molar-refractivity contribution in [2.24, 2.45) is 5.92 Å². The number of carbonyl (C=O) groups excluding carboxylic acids is 3. The Morgan fingerprint density at radius 2 is 1.90 bits per heavy atom. The highest BCUT2D eigenvalue weighted by Gasteiger charge is 2.21. The molecule has 0 saturated heterocycles. The van der Waals surface area contributed by atoms with Crippen LogP contribution >= 0.6 is 0 Å². The second-order valence-corrected chi connectivity index (χ2v) is 7.51. The van der Waals surface area contributed by atoms with E-state index in [4.69, 9.17) is 4.74 Å². The highest BCUT2D eigenvalue weighted by molar-refractivity contribution is 6.05. The van der Waals surface area contributed by atoms with Crippen molar-refractivity contribution in [1.29, 1.82) is 0 Å². The number of benzene rings is 2. The van der Waals surface area contributed by atoms with Gasteiger partial charge < -0.3 is 9.72 Å². The minimum absolute atomic E-state index is 0.365. The maximum absolute atomic E-state index is 12.4. The molecule has 2 N–H and O–H groups in total. The van der Waals surface area contributed by atoms with E-state index in [1.54, 1.807) is 36.4 Å². The molecular weight excluding hydrogens is 368 g/mol. The quantitative estimate of drug-likeness (QED) is 0.668. The van der Waals surface area contributed by atoms with Gasteiger partial charge in [0.2, 0.25) is 0 Å². The van der Waals surface area contributed by atoms with Crippen LogP contribution in [0.25, 0.3) is 10.9 Å². The molecule has 3 aromatic rings. The van der Waals surface area contributed by atoms with Crippen LogP contribution in [0.5, 0.6) is 0 Å². The number of nitrogens with one attached hydrogen (secondary N) is 2. The van der Waals surface area contributed by atoms with Crippen LogP contribution in [-0.4, -0.2) is 29.4 Å². The van der Waals surface area contributed by atoms with Crippen LogP contribution in [0.3, 0.4) is 0 Å². The third-order valence-electron chi connectivity index (χ3n) is 5.29. The minimum Gasteiger partial charge on any atom is -0.452 e. The Balaban J connectivity index is 1.41. The summed E-state index contributed by atoms with van der Waals surface area (Å²) in [6.07, 6.45) is 3.16. The molecule has 0 bridgehead atoms. The number of H-pyrrole nitrogens is 1. The van der Waals surface area contributed by atoms with Gasteiger partial charge in [-0.2, -0.15) is 0 Å². The molecule has 2 aromatic carbocycles. The van der Waals surface area contributed by atoms with Gasteiger partial charge in [-0.3, -0.25) is 14.9 Å². The van der Waals surface area contributed by atoms with E-state index in [1.165, 1.54) is 11.3 Å². The Morgan fingerprint density at radius 1 is 1.10 bits per heavy atom. The second kappa shape index (κ2) is 7.91. The summed E-state index contributed by atoms with van der Waals surface area (Å²) in [4.78, 5) is 39.8. The Labute approximate surface area is 168 Å². The van der Waals surface area contributed by atoms with Crippen molar-refractivity contribution < 1.29 is 19.1 Å². The van der Waals surface area contributed by atoms with Crippen LogP contribution in [0.1, 0.15) is 45.3 Å². The number of aryl methyl sites for hydroxylation is 1. The summed E-state index contributed by atoms with van der Waals surface area (Å²) in [5, 5.41) is 3.25. The molecule has 1 aromatic heterocycles. The number of hydrogen-bond donors (Lipinski definition) is 2. The Morgan fingerprint density at radius 3 is 2.69 bits per heavy atom. The van der Waals surface area contributed by atoms with Crippen molar-refractivity contribution >= 4 is 28.7 Å². The summed E-state index contributed by atoms with van der Waals surface area (Å²) in [7, 11) is 0. The molecule has 1 unspecified atom stereocenters. The predicted molar refractivity (Wildman–Crippen MR) is 109 cm³/mol. The molecule has 2 amide bonds. The van der Waals surface area contributed by atoms with Crippen molar-refractivity contribution in [3.63, 3.8) is 0 Å². The molecule has 1 heterocycles. The van der Waals surface area contributed by atoms with Crippen molar-refractivity contribution in [2.45, 2.75) is 26.2 Å². The van der Waals surface area contributed by atoms with Crippen LogP contribution in [0.2, 0.25) is 0 Å². The molecule has 1 atom stereocenters. The number of hydrogen-bond acceptors (Lipinski definition) is 4. The summed E-state index contributed by atoms with van der Waals surface area (Å²) in [5.41, 5.74) is 4.26. The zero-order valence-electron chi connectivity index (χ0n) is 16.2. The lowest BCUT2D eigenvalue weighted by Crippen LogP contribution is -2.34. The van der Waals surface area contributed by atoms with E-state index < -0.39 is 24.4 Å². The summed E-state index contributed by atoms with van der Waals surface area (Å²) in [5.74, 6) is -1.17. The maximum atomic E-state index is 12.4. The van der Waals surface area contributed by atoms with Crippen LogP contribution in [0, 0.1) is 5.92 Å². The van der Waals surface area contributed by atoms with Crippen LogP contribution in [0.15, 0.2) is 48.5 Å². The van der Waals surface area contributed by atoms with Gasteiger partial charge in [0.25, 0.3) is 11.8 Å². The first-order chi connectivity index (χ1) is 14.0. The number of amides is 2. The number of aromatic amines is 1. The molecule has 6 heteroatoms. The number of aromatic nitrogens is 1. The number of carbonyl (C=O) groups is 3. The van der Waals surface area contributed by atoms with Gasteiger partial charge in [-0.1, -0.05) is 25.1 Å². The normalized spacial score (nSPS) is 15.6. The average molecular weight is 390 g/mol. The zero-order valence-corrected chi connectivity index (χ0v) is 16.2.